The lowest BCUT2D eigenvalue weighted by atomic mass is 10.2. The Morgan fingerprint density at radius 1 is 1.35 bits per heavy atom. The van der Waals surface area contributed by atoms with E-state index in [1.54, 1.807) is 17.5 Å². The molecule has 0 amide bonds. The summed E-state index contributed by atoms with van der Waals surface area (Å²) in [6.07, 6.45) is 4.52. The molecule has 0 aliphatic carbocycles. The van der Waals surface area contributed by atoms with E-state index in [2.05, 4.69) is 44.3 Å². The highest BCUT2D eigenvalue weighted by atomic mass is 79.9. The van der Waals surface area contributed by atoms with E-state index in [1.807, 2.05) is 12.3 Å². The molecule has 0 aromatic carbocycles. The number of pyridine rings is 1. The molecule has 1 aliphatic rings. The summed E-state index contributed by atoms with van der Waals surface area (Å²) >= 11 is 5.07. The maximum absolute atomic E-state index is 5.34. The zero-order chi connectivity index (χ0) is 11.7. The molecule has 1 atom stereocenters. The maximum Gasteiger partial charge on any atom is 0.167 e. The molecule has 0 saturated heterocycles. The van der Waals surface area contributed by atoms with E-state index < -0.39 is 0 Å². The second-order valence-corrected chi connectivity index (χ2v) is 5.74. The van der Waals surface area contributed by atoms with Gasteiger partial charge < -0.3 is 4.84 Å². The first-order chi connectivity index (χ1) is 8.33. The van der Waals surface area contributed by atoms with Gasteiger partial charge in [0.15, 0.2) is 6.10 Å². The predicted molar refractivity (Wildman–Crippen MR) is 72.4 cm³/mol. The fraction of sp³-hybridized carbons (Fsp3) is 0.167. The van der Waals surface area contributed by atoms with Crippen molar-refractivity contribution in [2.75, 3.05) is 0 Å². The van der Waals surface area contributed by atoms with Gasteiger partial charge in [0.25, 0.3) is 0 Å². The van der Waals surface area contributed by atoms with Crippen LogP contribution in [0.3, 0.4) is 0 Å². The van der Waals surface area contributed by atoms with Crippen LogP contribution in [0.2, 0.25) is 0 Å². The number of hydrogen-bond donors (Lipinski definition) is 0. The average Bonchev–Trinajstić information content (AvgIpc) is 2.98. The lowest BCUT2D eigenvalue weighted by molar-refractivity contribution is 0.0884. The second kappa shape index (κ2) is 4.58. The monoisotopic (exact) mass is 308 g/mol. The summed E-state index contributed by atoms with van der Waals surface area (Å²) in [5.74, 6) is 0. The van der Waals surface area contributed by atoms with Crippen molar-refractivity contribution >= 4 is 31.9 Å². The van der Waals surface area contributed by atoms with Crippen LogP contribution in [0, 0.1) is 0 Å². The minimum Gasteiger partial charge on any atom is -0.386 e. The Kier molecular flexibility index (Phi) is 2.94. The van der Waals surface area contributed by atoms with Crippen LogP contribution in [0.25, 0.3) is 10.4 Å². The molecular formula is C12H9BrN2OS. The molecule has 0 fully saturated rings. The van der Waals surface area contributed by atoms with Gasteiger partial charge in [-0.15, -0.1) is 11.3 Å². The zero-order valence-electron chi connectivity index (χ0n) is 8.84. The van der Waals surface area contributed by atoms with E-state index in [9.17, 15) is 0 Å². The highest BCUT2D eigenvalue weighted by Crippen LogP contribution is 2.36. The maximum atomic E-state index is 5.34. The summed E-state index contributed by atoms with van der Waals surface area (Å²) in [6, 6.07) is 8.20. The molecule has 2 aromatic heterocycles. The molecule has 2 aromatic rings. The molecule has 3 nitrogen and oxygen atoms in total. The van der Waals surface area contributed by atoms with Crippen molar-refractivity contribution in [2.24, 2.45) is 5.16 Å². The Labute approximate surface area is 111 Å². The molecule has 0 saturated carbocycles. The van der Waals surface area contributed by atoms with Crippen LogP contribution >= 0.6 is 27.3 Å². The highest BCUT2D eigenvalue weighted by Gasteiger charge is 2.22. The largest absolute Gasteiger partial charge is 0.386 e. The summed E-state index contributed by atoms with van der Waals surface area (Å²) in [5.41, 5.74) is 1.14. The minimum absolute atomic E-state index is 0.0554. The van der Waals surface area contributed by atoms with Crippen molar-refractivity contribution in [3.8, 4) is 10.4 Å². The first kappa shape index (κ1) is 10.9. The molecule has 0 unspecified atom stereocenters. The van der Waals surface area contributed by atoms with Gasteiger partial charge in [0.1, 0.15) is 4.62 Å². The third-order valence-electron chi connectivity index (χ3n) is 2.52. The Bertz CT molecular complexity index is 553. The fourth-order valence-corrected chi connectivity index (χ4v) is 3.09. The minimum atomic E-state index is 0.0554. The SMILES string of the molecule is BrC1=NO[C@H](c2ccc(-c3cccnc3)s2)C1. The van der Waals surface area contributed by atoms with Crippen molar-refractivity contribution in [1.82, 2.24) is 4.98 Å². The molecule has 3 rings (SSSR count). The van der Waals surface area contributed by atoms with Gasteiger partial charge in [0.05, 0.1) is 0 Å². The first-order valence-electron chi connectivity index (χ1n) is 5.21. The van der Waals surface area contributed by atoms with Gasteiger partial charge in [-0.2, -0.15) is 0 Å². The number of halogens is 1. The fourth-order valence-electron chi connectivity index (χ4n) is 1.69. The zero-order valence-corrected chi connectivity index (χ0v) is 11.2. The molecular weight excluding hydrogens is 300 g/mol. The van der Waals surface area contributed by atoms with E-state index in [-0.39, 0.29) is 6.10 Å². The van der Waals surface area contributed by atoms with E-state index in [1.165, 1.54) is 9.75 Å². The van der Waals surface area contributed by atoms with Gasteiger partial charge in [-0.3, -0.25) is 4.98 Å². The molecule has 1 aliphatic heterocycles. The summed E-state index contributed by atoms with van der Waals surface area (Å²) in [5, 5.41) is 3.90. The lowest BCUT2D eigenvalue weighted by Crippen LogP contribution is -1.92. The third kappa shape index (κ3) is 2.25. The topological polar surface area (TPSA) is 34.5 Å². The van der Waals surface area contributed by atoms with Crippen molar-refractivity contribution in [2.45, 2.75) is 12.5 Å². The number of aromatic nitrogens is 1. The summed E-state index contributed by atoms with van der Waals surface area (Å²) in [6.45, 7) is 0. The number of oxime groups is 1. The Hall–Kier alpha value is -1.20. The van der Waals surface area contributed by atoms with Crippen LogP contribution in [-0.4, -0.2) is 9.60 Å². The third-order valence-corrected chi connectivity index (χ3v) is 4.22. The number of rotatable bonds is 2. The van der Waals surface area contributed by atoms with E-state index in [0.29, 0.717) is 0 Å². The van der Waals surface area contributed by atoms with Crippen LogP contribution in [0.5, 0.6) is 0 Å². The van der Waals surface area contributed by atoms with Crippen molar-refractivity contribution < 1.29 is 4.84 Å². The van der Waals surface area contributed by atoms with Crippen LogP contribution in [0.4, 0.5) is 0 Å². The van der Waals surface area contributed by atoms with Crippen LogP contribution in [0.15, 0.2) is 41.8 Å². The molecule has 0 N–H and O–H groups in total. The molecule has 0 spiro atoms. The highest BCUT2D eigenvalue weighted by molar-refractivity contribution is 9.18. The molecule has 0 bridgehead atoms. The predicted octanol–water partition coefficient (Wildman–Crippen LogP) is 3.98. The van der Waals surface area contributed by atoms with Gasteiger partial charge >= 0.3 is 0 Å². The Morgan fingerprint density at radius 3 is 3.00 bits per heavy atom. The van der Waals surface area contributed by atoms with Crippen LogP contribution in [-0.2, 0) is 4.84 Å². The first-order valence-corrected chi connectivity index (χ1v) is 6.82. The van der Waals surface area contributed by atoms with Crippen LogP contribution in [0.1, 0.15) is 17.4 Å². The second-order valence-electron chi connectivity index (χ2n) is 3.71. The number of thiophene rings is 1. The van der Waals surface area contributed by atoms with Gasteiger partial charge in [0, 0.05) is 34.1 Å². The smallest absolute Gasteiger partial charge is 0.167 e. The normalized spacial score (nSPS) is 18.9. The summed E-state index contributed by atoms with van der Waals surface area (Å²) in [4.78, 5) is 11.9. The Morgan fingerprint density at radius 2 is 2.29 bits per heavy atom. The molecule has 5 heteroatoms. The van der Waals surface area contributed by atoms with Gasteiger partial charge in [-0.05, 0) is 34.1 Å². The lowest BCUT2D eigenvalue weighted by Gasteiger charge is -2.03. The summed E-state index contributed by atoms with van der Waals surface area (Å²) in [7, 11) is 0. The van der Waals surface area contributed by atoms with Gasteiger partial charge in [-0.25, -0.2) is 0 Å². The van der Waals surface area contributed by atoms with Gasteiger partial charge in [-0.1, -0.05) is 11.2 Å². The quantitative estimate of drug-likeness (QED) is 0.841. The average molecular weight is 309 g/mol. The van der Waals surface area contributed by atoms with E-state index >= 15 is 0 Å². The molecule has 17 heavy (non-hydrogen) atoms. The van der Waals surface area contributed by atoms with Gasteiger partial charge in [0.2, 0.25) is 0 Å². The van der Waals surface area contributed by atoms with Crippen molar-refractivity contribution in [3.63, 3.8) is 0 Å². The van der Waals surface area contributed by atoms with Crippen molar-refractivity contribution in [1.29, 1.82) is 0 Å². The standard InChI is InChI=1S/C12H9BrN2OS/c13-12-6-9(16-15-12)11-4-3-10(17-11)8-2-1-5-14-7-8/h1-5,7,9H,6H2/t9-/m0/s1. The van der Waals surface area contributed by atoms with E-state index in [0.717, 1.165) is 16.6 Å². The van der Waals surface area contributed by atoms with E-state index in [4.69, 9.17) is 4.84 Å². The number of hydrogen-bond acceptors (Lipinski definition) is 4. The molecule has 0 radical (unpaired) electrons. The summed E-state index contributed by atoms with van der Waals surface area (Å²) < 4.78 is 0.874. The van der Waals surface area contributed by atoms with Crippen molar-refractivity contribution in [3.05, 3.63) is 41.5 Å². The molecule has 3 heterocycles. The Balaban J connectivity index is 1.84. The molecule has 86 valence electrons. The van der Waals surface area contributed by atoms with Crippen LogP contribution < -0.4 is 0 Å². The number of nitrogens with zero attached hydrogens (tertiary/aromatic N) is 2.